The standard InChI is InChI=1S/C32H45N4P2Si.C5H5.Fe/c1-31(2,3)38(28-23-14-21-13-22(16-23)17-24(28)15-21)20-25-18-26(39(4,5)6)19-27(25)32(37,29-33-9-7-10-34-29)30-35-11-8-12-36-30;1-2-4-5-3-1;/h7-12,18-19,21-24,28H,13-17,20,37H2,1-6H3;1-5H;/q-1;-5;. The number of nitrogens with zero attached hydrogens (tertiary/aromatic N) is 4. The molecule has 45 heavy (non-hydrogen) atoms. The second-order valence-corrected chi connectivity index (χ2v) is 24.7. The van der Waals surface area contributed by atoms with Crippen molar-refractivity contribution in [1.82, 2.24) is 19.9 Å². The monoisotopic (exact) mass is 696 g/mol. The zero-order valence-electron chi connectivity index (χ0n) is 27.8. The number of hydrogen-bond donors (Lipinski definition) is 0. The molecule has 4 aromatic rings. The van der Waals surface area contributed by atoms with Crippen LogP contribution in [0.3, 0.4) is 0 Å². The fraction of sp³-hybridized carbons (Fsp3) is 0.514. The third kappa shape index (κ3) is 7.32. The van der Waals surface area contributed by atoms with E-state index in [9.17, 15) is 0 Å². The van der Waals surface area contributed by atoms with Gasteiger partial charge in [0.2, 0.25) is 0 Å². The fourth-order valence-corrected chi connectivity index (χ4v) is 14.0. The third-order valence-corrected chi connectivity index (χ3v) is 17.2. The third-order valence-electron chi connectivity index (χ3n) is 10.4. The van der Waals surface area contributed by atoms with Gasteiger partial charge in [-0.25, -0.2) is 31.2 Å². The van der Waals surface area contributed by atoms with Crippen LogP contribution in [0, 0.1) is 23.7 Å². The zero-order chi connectivity index (χ0) is 31.1. The molecular weight excluding hydrogens is 646 g/mol. The van der Waals surface area contributed by atoms with Gasteiger partial charge < -0.3 is 30.3 Å². The topological polar surface area (TPSA) is 51.6 Å². The minimum absolute atomic E-state index is 0. The molecule has 246 valence electrons. The van der Waals surface area contributed by atoms with Crippen LogP contribution in [0.5, 0.6) is 0 Å². The summed E-state index contributed by atoms with van der Waals surface area (Å²) in [7, 11) is 1.33. The largest absolute Gasteiger partial charge is 0.748 e. The minimum atomic E-state index is -1.57. The molecule has 8 rings (SSSR count). The first-order valence-corrected chi connectivity index (χ1v) is 22.2. The molecule has 0 aliphatic heterocycles. The Morgan fingerprint density at radius 2 is 1.24 bits per heavy atom. The van der Waals surface area contributed by atoms with E-state index in [2.05, 4.69) is 61.8 Å². The van der Waals surface area contributed by atoms with Crippen molar-refractivity contribution >= 4 is 30.4 Å². The Balaban J connectivity index is 0.000000609. The van der Waals surface area contributed by atoms with Crippen LogP contribution in [0.2, 0.25) is 19.6 Å². The van der Waals surface area contributed by atoms with Gasteiger partial charge in [-0.3, -0.25) is 0 Å². The van der Waals surface area contributed by atoms with Gasteiger partial charge >= 0.3 is 0 Å². The first-order chi connectivity index (χ1) is 20.9. The average Bonchev–Trinajstić information content (AvgIpc) is 3.70. The zero-order valence-corrected chi connectivity index (χ0v) is 32.0. The summed E-state index contributed by atoms with van der Waals surface area (Å²) in [6, 6.07) is 18.8. The van der Waals surface area contributed by atoms with Gasteiger partial charge in [0.15, 0.2) is 0 Å². The predicted octanol–water partition coefficient (Wildman–Crippen LogP) is 8.71. The second kappa shape index (κ2) is 13.9. The summed E-state index contributed by atoms with van der Waals surface area (Å²) in [6.45, 7) is 15.0. The Morgan fingerprint density at radius 3 is 1.64 bits per heavy atom. The van der Waals surface area contributed by atoms with E-state index in [1.807, 2.05) is 67.3 Å². The molecule has 4 saturated carbocycles. The van der Waals surface area contributed by atoms with E-state index in [0.717, 1.165) is 41.0 Å². The van der Waals surface area contributed by atoms with Crippen molar-refractivity contribution in [3.63, 3.8) is 0 Å². The van der Waals surface area contributed by atoms with Crippen molar-refractivity contribution in [2.75, 3.05) is 0 Å². The second-order valence-electron chi connectivity index (χ2n) is 15.6. The predicted molar refractivity (Wildman–Crippen MR) is 192 cm³/mol. The van der Waals surface area contributed by atoms with Gasteiger partial charge in [-0.15, -0.1) is 28.3 Å². The Labute approximate surface area is 286 Å². The SMILES string of the molecule is CC(C)(C)P(C[c-]1cc([Si](C)(C)C)cc1C(P)(c1ncccn1)c1ncccn1)C1C2CC3CC(C2)CC1C3.[Fe].[cH-]1[cH-][cH-][cH-][cH-]1. The van der Waals surface area contributed by atoms with Crippen LogP contribution in [0.4, 0.5) is 0 Å². The quantitative estimate of drug-likeness (QED) is 0.110. The van der Waals surface area contributed by atoms with Gasteiger partial charge in [-0.05, 0) is 78.7 Å². The Kier molecular flexibility index (Phi) is 10.7. The molecule has 4 nitrogen and oxygen atoms in total. The molecular formula is C37H50FeN4P2Si-6. The van der Waals surface area contributed by atoms with Gasteiger partial charge in [0.25, 0.3) is 0 Å². The van der Waals surface area contributed by atoms with E-state index < -0.39 is 13.2 Å². The van der Waals surface area contributed by atoms with Crippen LogP contribution in [-0.2, 0) is 28.4 Å². The molecule has 4 aliphatic carbocycles. The molecule has 2 aromatic heterocycles. The number of aromatic nitrogens is 4. The summed E-state index contributed by atoms with van der Waals surface area (Å²) in [5.41, 5.74) is 3.67. The van der Waals surface area contributed by atoms with E-state index in [-0.39, 0.29) is 25.0 Å². The van der Waals surface area contributed by atoms with Crippen molar-refractivity contribution in [3.05, 3.63) is 102 Å². The first-order valence-electron chi connectivity index (χ1n) is 16.5. The summed E-state index contributed by atoms with van der Waals surface area (Å²) < 4.78 is 0. The van der Waals surface area contributed by atoms with Crippen molar-refractivity contribution in [3.8, 4) is 0 Å². The summed E-state index contributed by atoms with van der Waals surface area (Å²) in [5, 5.41) is 1.14. The molecule has 2 aromatic carbocycles. The maximum atomic E-state index is 4.80. The van der Waals surface area contributed by atoms with E-state index in [1.165, 1.54) is 54.6 Å². The van der Waals surface area contributed by atoms with Crippen LogP contribution < -0.4 is 5.19 Å². The molecule has 4 bridgehead atoms. The summed E-state index contributed by atoms with van der Waals surface area (Å²) in [5.74, 6) is 5.42. The average molecular weight is 697 g/mol. The Morgan fingerprint density at radius 1 is 0.800 bits per heavy atom. The fourth-order valence-electron chi connectivity index (χ4n) is 8.53. The van der Waals surface area contributed by atoms with Gasteiger partial charge in [-0.1, -0.05) is 46.6 Å². The van der Waals surface area contributed by atoms with Gasteiger partial charge in [0.1, 0.15) is 16.8 Å². The molecule has 0 saturated heterocycles. The summed E-state index contributed by atoms with van der Waals surface area (Å²) >= 11 is 0. The van der Waals surface area contributed by atoms with E-state index >= 15 is 0 Å². The molecule has 0 radical (unpaired) electrons. The van der Waals surface area contributed by atoms with Gasteiger partial charge in [-0.2, -0.15) is 6.07 Å². The maximum absolute atomic E-state index is 4.80. The van der Waals surface area contributed by atoms with Crippen molar-refractivity contribution in [2.45, 2.75) is 94.6 Å². The van der Waals surface area contributed by atoms with Crippen molar-refractivity contribution in [2.24, 2.45) is 23.7 Å². The smallest absolute Gasteiger partial charge is 0.147 e. The molecule has 0 spiro atoms. The molecule has 0 N–H and O–H groups in total. The molecule has 4 fully saturated rings. The van der Waals surface area contributed by atoms with E-state index in [1.54, 1.807) is 0 Å². The number of rotatable bonds is 7. The normalized spacial score (nSPS) is 24.8. The maximum Gasteiger partial charge on any atom is 0.147 e. The van der Waals surface area contributed by atoms with Gasteiger partial charge in [0.05, 0.1) is 0 Å². The minimum Gasteiger partial charge on any atom is -0.748 e. The molecule has 4 aliphatic rings. The van der Waals surface area contributed by atoms with E-state index in [4.69, 9.17) is 19.9 Å². The van der Waals surface area contributed by atoms with Crippen LogP contribution in [-0.4, -0.2) is 38.8 Å². The summed E-state index contributed by atoms with van der Waals surface area (Å²) in [4.78, 5) is 19.2. The van der Waals surface area contributed by atoms with Crippen LogP contribution in [0.1, 0.15) is 75.7 Å². The molecule has 2 unspecified atom stereocenters. The van der Waals surface area contributed by atoms with E-state index in [0.29, 0.717) is 5.16 Å². The Hall–Kier alpha value is -1.54. The van der Waals surface area contributed by atoms with Crippen LogP contribution in [0.25, 0.3) is 0 Å². The first kappa shape index (κ1) is 34.8. The number of hydrogen-bond acceptors (Lipinski definition) is 4. The van der Waals surface area contributed by atoms with Gasteiger partial charge in [0, 0.05) is 49.9 Å². The van der Waals surface area contributed by atoms with Crippen LogP contribution >= 0.6 is 17.2 Å². The molecule has 0 amide bonds. The molecule has 2 heterocycles. The van der Waals surface area contributed by atoms with Crippen molar-refractivity contribution < 1.29 is 17.1 Å². The molecule has 8 heteroatoms. The molecule has 2 atom stereocenters. The van der Waals surface area contributed by atoms with Crippen molar-refractivity contribution in [1.29, 1.82) is 0 Å². The van der Waals surface area contributed by atoms with Crippen LogP contribution in [0.15, 0.2) is 79.4 Å². The Bertz CT molecular complexity index is 1410. The summed E-state index contributed by atoms with van der Waals surface area (Å²) in [6.07, 6.45) is 16.0.